The predicted molar refractivity (Wildman–Crippen MR) is 82.0 cm³/mol. The Labute approximate surface area is 125 Å². The number of carbonyl (C=O) groups is 2. The maximum Gasteiger partial charge on any atom is 0.250 e. The molecule has 2 heterocycles. The van der Waals surface area contributed by atoms with Crippen molar-refractivity contribution in [3.63, 3.8) is 0 Å². The lowest BCUT2D eigenvalue weighted by Crippen LogP contribution is -2.63. The van der Waals surface area contributed by atoms with Crippen LogP contribution in [0.2, 0.25) is 0 Å². The number of aromatic nitrogens is 1. The van der Waals surface area contributed by atoms with Crippen LogP contribution in [0.1, 0.15) is 38.6 Å². The molecule has 2 rings (SSSR count). The highest BCUT2D eigenvalue weighted by molar-refractivity contribution is 6.08. The van der Waals surface area contributed by atoms with E-state index in [1.54, 1.807) is 11.8 Å². The van der Waals surface area contributed by atoms with Crippen molar-refractivity contribution in [2.75, 3.05) is 4.90 Å². The van der Waals surface area contributed by atoms with E-state index in [2.05, 4.69) is 10.3 Å². The molecule has 21 heavy (non-hydrogen) atoms. The molecule has 1 saturated heterocycles. The van der Waals surface area contributed by atoms with Gasteiger partial charge in [-0.2, -0.15) is 0 Å². The number of aryl methyl sites for hydroxylation is 2. The van der Waals surface area contributed by atoms with Crippen LogP contribution in [0.5, 0.6) is 0 Å². The quantitative estimate of drug-likeness (QED) is 0.925. The Morgan fingerprint density at radius 1 is 1.29 bits per heavy atom. The largest absolute Gasteiger partial charge is 0.342 e. The molecule has 5 nitrogen and oxygen atoms in total. The first-order chi connectivity index (χ1) is 9.81. The summed E-state index contributed by atoms with van der Waals surface area (Å²) >= 11 is 0. The van der Waals surface area contributed by atoms with E-state index in [1.165, 1.54) is 0 Å². The number of amides is 2. The number of hydrogen-bond donors (Lipinski definition) is 1. The van der Waals surface area contributed by atoms with E-state index in [1.807, 2.05) is 39.8 Å². The fraction of sp³-hybridized carbons (Fsp3) is 0.562. The molecule has 2 atom stereocenters. The van der Waals surface area contributed by atoms with Gasteiger partial charge in [0.25, 0.3) is 0 Å². The summed E-state index contributed by atoms with van der Waals surface area (Å²) in [6, 6.07) is 2.78. The Kier molecular flexibility index (Phi) is 4.30. The molecule has 0 aliphatic carbocycles. The monoisotopic (exact) mass is 289 g/mol. The first-order valence-electron chi connectivity index (χ1n) is 7.39. The van der Waals surface area contributed by atoms with Gasteiger partial charge in [-0.15, -0.1) is 0 Å². The first kappa shape index (κ1) is 15.5. The van der Waals surface area contributed by atoms with E-state index in [0.717, 1.165) is 17.1 Å². The van der Waals surface area contributed by atoms with Gasteiger partial charge >= 0.3 is 0 Å². The highest BCUT2D eigenvalue weighted by atomic mass is 16.2. The molecule has 1 aliphatic rings. The zero-order valence-corrected chi connectivity index (χ0v) is 13.3. The molecule has 1 aromatic rings. The summed E-state index contributed by atoms with van der Waals surface area (Å²) in [4.78, 5) is 30.9. The molecule has 0 saturated carbocycles. The predicted octanol–water partition coefficient (Wildman–Crippen LogP) is 1.96. The zero-order chi connectivity index (χ0) is 15.7. The molecule has 5 heteroatoms. The number of nitrogens with zero attached hydrogens (tertiary/aromatic N) is 2. The van der Waals surface area contributed by atoms with Gasteiger partial charge in [0.15, 0.2) is 0 Å². The summed E-state index contributed by atoms with van der Waals surface area (Å²) in [7, 11) is 0. The van der Waals surface area contributed by atoms with Crippen molar-refractivity contribution >= 4 is 17.5 Å². The molecule has 1 fully saturated rings. The molecule has 0 bridgehead atoms. The highest BCUT2D eigenvalue weighted by Gasteiger charge is 2.39. The lowest BCUT2D eigenvalue weighted by Gasteiger charge is -2.38. The molecule has 0 radical (unpaired) electrons. The van der Waals surface area contributed by atoms with Crippen LogP contribution in [0, 0.1) is 19.8 Å². The van der Waals surface area contributed by atoms with Gasteiger partial charge in [0, 0.05) is 5.69 Å². The summed E-state index contributed by atoms with van der Waals surface area (Å²) in [6.07, 6.45) is 0.645. The normalized spacial score (nSPS) is 22.7. The molecule has 0 aromatic carbocycles. The van der Waals surface area contributed by atoms with Gasteiger partial charge in [-0.3, -0.25) is 19.5 Å². The Morgan fingerprint density at radius 2 is 1.95 bits per heavy atom. The Hall–Kier alpha value is -1.91. The van der Waals surface area contributed by atoms with Crippen molar-refractivity contribution in [3.8, 4) is 0 Å². The average molecular weight is 289 g/mol. The van der Waals surface area contributed by atoms with Crippen LogP contribution in [0.25, 0.3) is 0 Å². The van der Waals surface area contributed by atoms with E-state index in [4.69, 9.17) is 0 Å². The molecule has 2 unspecified atom stereocenters. The molecule has 114 valence electrons. The van der Waals surface area contributed by atoms with Crippen LogP contribution in [0.15, 0.2) is 12.1 Å². The number of anilines is 1. The number of piperazine rings is 1. The molecular weight excluding hydrogens is 266 g/mol. The number of nitrogens with one attached hydrogen (secondary N) is 1. The van der Waals surface area contributed by atoms with Gasteiger partial charge in [0.2, 0.25) is 11.8 Å². The van der Waals surface area contributed by atoms with Crippen molar-refractivity contribution in [1.82, 2.24) is 10.3 Å². The number of pyridine rings is 1. The summed E-state index contributed by atoms with van der Waals surface area (Å²) in [6.45, 7) is 9.61. The summed E-state index contributed by atoms with van der Waals surface area (Å²) in [5.41, 5.74) is 2.39. The molecule has 2 amide bonds. The fourth-order valence-corrected chi connectivity index (χ4v) is 2.72. The van der Waals surface area contributed by atoms with Gasteiger partial charge in [0.1, 0.15) is 12.1 Å². The molecule has 1 N–H and O–H groups in total. The van der Waals surface area contributed by atoms with Gasteiger partial charge in [-0.05, 0) is 45.2 Å². The Balaban J connectivity index is 2.38. The highest BCUT2D eigenvalue weighted by Crippen LogP contribution is 2.25. The van der Waals surface area contributed by atoms with Crippen LogP contribution in [-0.2, 0) is 9.59 Å². The van der Waals surface area contributed by atoms with Gasteiger partial charge in [-0.25, -0.2) is 0 Å². The van der Waals surface area contributed by atoms with Gasteiger partial charge in [0.05, 0.1) is 11.4 Å². The van der Waals surface area contributed by atoms with Gasteiger partial charge in [-0.1, -0.05) is 13.8 Å². The van der Waals surface area contributed by atoms with Crippen LogP contribution in [-0.4, -0.2) is 28.9 Å². The van der Waals surface area contributed by atoms with Crippen LogP contribution >= 0.6 is 0 Å². The zero-order valence-electron chi connectivity index (χ0n) is 13.3. The second-order valence-electron chi connectivity index (χ2n) is 6.13. The third-order valence-electron chi connectivity index (χ3n) is 3.78. The lowest BCUT2D eigenvalue weighted by atomic mass is 9.98. The van der Waals surface area contributed by atoms with E-state index in [-0.39, 0.29) is 11.8 Å². The van der Waals surface area contributed by atoms with Crippen LogP contribution < -0.4 is 10.2 Å². The Bertz CT molecular complexity index is 569. The maximum absolute atomic E-state index is 12.7. The second-order valence-corrected chi connectivity index (χ2v) is 6.13. The Morgan fingerprint density at radius 3 is 2.52 bits per heavy atom. The smallest absolute Gasteiger partial charge is 0.250 e. The van der Waals surface area contributed by atoms with Crippen LogP contribution in [0.4, 0.5) is 5.69 Å². The topological polar surface area (TPSA) is 62.3 Å². The van der Waals surface area contributed by atoms with E-state index < -0.39 is 12.1 Å². The first-order valence-corrected chi connectivity index (χ1v) is 7.39. The standard InChI is InChI=1S/C16H23N3O2/c1-9(2)8-13-16(21)19(12(5)15(20)18-13)14-7-6-10(3)17-11(14)4/h6-7,9,12-13H,8H2,1-5H3,(H,18,20). The maximum atomic E-state index is 12.7. The molecule has 0 spiro atoms. The van der Waals surface area contributed by atoms with Crippen molar-refractivity contribution in [1.29, 1.82) is 0 Å². The van der Waals surface area contributed by atoms with E-state index in [9.17, 15) is 9.59 Å². The van der Waals surface area contributed by atoms with Crippen molar-refractivity contribution < 1.29 is 9.59 Å². The second kappa shape index (κ2) is 5.84. The van der Waals surface area contributed by atoms with Crippen LogP contribution in [0.3, 0.4) is 0 Å². The minimum Gasteiger partial charge on any atom is -0.342 e. The summed E-state index contributed by atoms with van der Waals surface area (Å²) in [5.74, 6) is 0.177. The van der Waals surface area contributed by atoms with Crippen molar-refractivity contribution in [2.24, 2.45) is 5.92 Å². The van der Waals surface area contributed by atoms with E-state index in [0.29, 0.717) is 12.3 Å². The number of rotatable bonds is 3. The fourth-order valence-electron chi connectivity index (χ4n) is 2.72. The minimum atomic E-state index is -0.510. The SMILES string of the molecule is Cc1ccc(N2C(=O)C(CC(C)C)NC(=O)C2C)c(C)n1. The number of hydrogen-bond acceptors (Lipinski definition) is 3. The third-order valence-corrected chi connectivity index (χ3v) is 3.78. The lowest BCUT2D eigenvalue weighted by molar-refractivity contribution is -0.133. The average Bonchev–Trinajstić information content (AvgIpc) is 2.38. The molecule has 1 aliphatic heterocycles. The molecular formula is C16H23N3O2. The van der Waals surface area contributed by atoms with Gasteiger partial charge < -0.3 is 5.32 Å². The molecule has 1 aromatic heterocycles. The van der Waals surface area contributed by atoms with Crippen molar-refractivity contribution in [2.45, 2.75) is 53.1 Å². The number of carbonyl (C=O) groups excluding carboxylic acids is 2. The summed E-state index contributed by atoms with van der Waals surface area (Å²) < 4.78 is 0. The van der Waals surface area contributed by atoms with E-state index >= 15 is 0 Å². The summed E-state index contributed by atoms with van der Waals surface area (Å²) in [5, 5.41) is 2.83. The van der Waals surface area contributed by atoms with Crippen molar-refractivity contribution in [3.05, 3.63) is 23.5 Å². The minimum absolute atomic E-state index is 0.0513. The third kappa shape index (κ3) is 3.06.